The molecule has 1 aliphatic heterocycles. The molecule has 0 radical (unpaired) electrons. The normalized spacial score (nSPS) is 19.1. The SMILES string of the molecule is CCCc1nc(CC(C)N2CCNCC2)[nH]c1C. The van der Waals surface area contributed by atoms with E-state index in [2.05, 4.69) is 36.0 Å². The summed E-state index contributed by atoms with van der Waals surface area (Å²) in [6.45, 7) is 11.2. The first-order valence-electron chi connectivity index (χ1n) is 7.19. The second kappa shape index (κ2) is 6.34. The number of hydrogen-bond acceptors (Lipinski definition) is 3. The molecule has 0 spiro atoms. The van der Waals surface area contributed by atoms with Crippen molar-refractivity contribution in [2.75, 3.05) is 26.2 Å². The monoisotopic (exact) mass is 250 g/mol. The van der Waals surface area contributed by atoms with Crippen molar-refractivity contribution < 1.29 is 0 Å². The first-order valence-corrected chi connectivity index (χ1v) is 7.19. The summed E-state index contributed by atoms with van der Waals surface area (Å²) >= 11 is 0. The van der Waals surface area contributed by atoms with Crippen LogP contribution in [0.15, 0.2) is 0 Å². The molecule has 4 nitrogen and oxygen atoms in total. The summed E-state index contributed by atoms with van der Waals surface area (Å²) in [5.41, 5.74) is 2.50. The Morgan fingerprint density at radius 3 is 2.72 bits per heavy atom. The van der Waals surface area contributed by atoms with Crippen LogP contribution in [0.3, 0.4) is 0 Å². The molecule has 4 heteroatoms. The Kier molecular flexibility index (Phi) is 4.78. The molecular weight excluding hydrogens is 224 g/mol. The van der Waals surface area contributed by atoms with Crippen LogP contribution in [-0.4, -0.2) is 47.1 Å². The van der Waals surface area contributed by atoms with Gasteiger partial charge in [0.2, 0.25) is 0 Å². The molecule has 0 aliphatic carbocycles. The van der Waals surface area contributed by atoms with Gasteiger partial charge in [0.25, 0.3) is 0 Å². The van der Waals surface area contributed by atoms with E-state index < -0.39 is 0 Å². The highest BCUT2D eigenvalue weighted by Gasteiger charge is 2.18. The molecule has 1 unspecified atom stereocenters. The van der Waals surface area contributed by atoms with Crippen molar-refractivity contribution in [1.82, 2.24) is 20.2 Å². The summed E-state index contributed by atoms with van der Waals surface area (Å²) < 4.78 is 0. The molecule has 1 aromatic rings. The first-order chi connectivity index (χ1) is 8.70. The Balaban J connectivity index is 1.93. The largest absolute Gasteiger partial charge is 0.346 e. The molecule has 0 amide bonds. The van der Waals surface area contributed by atoms with Gasteiger partial charge in [-0.2, -0.15) is 0 Å². The van der Waals surface area contributed by atoms with Crippen LogP contribution in [0.25, 0.3) is 0 Å². The minimum atomic E-state index is 0.576. The number of nitrogens with zero attached hydrogens (tertiary/aromatic N) is 2. The molecular formula is C14H26N4. The van der Waals surface area contributed by atoms with E-state index >= 15 is 0 Å². The third kappa shape index (κ3) is 3.33. The molecule has 1 fully saturated rings. The van der Waals surface area contributed by atoms with Gasteiger partial charge in [0.1, 0.15) is 5.82 Å². The van der Waals surface area contributed by atoms with E-state index in [9.17, 15) is 0 Å². The number of aromatic nitrogens is 2. The van der Waals surface area contributed by atoms with Crippen molar-refractivity contribution in [2.45, 2.75) is 46.1 Å². The standard InChI is InChI=1S/C14H26N4/c1-4-5-13-12(3)16-14(17-13)10-11(2)18-8-6-15-7-9-18/h11,15H,4-10H2,1-3H3,(H,16,17). The molecule has 2 rings (SSSR count). The molecule has 0 saturated carbocycles. The average molecular weight is 250 g/mol. The lowest BCUT2D eigenvalue weighted by Gasteiger charge is -2.32. The molecule has 1 atom stereocenters. The molecule has 2 N–H and O–H groups in total. The minimum Gasteiger partial charge on any atom is -0.346 e. The van der Waals surface area contributed by atoms with Crippen LogP contribution in [0.2, 0.25) is 0 Å². The summed E-state index contributed by atoms with van der Waals surface area (Å²) in [6.07, 6.45) is 3.29. The maximum Gasteiger partial charge on any atom is 0.108 e. The highest BCUT2D eigenvalue weighted by Crippen LogP contribution is 2.11. The second-order valence-electron chi connectivity index (χ2n) is 5.34. The first kappa shape index (κ1) is 13.6. The lowest BCUT2D eigenvalue weighted by Crippen LogP contribution is -2.48. The smallest absolute Gasteiger partial charge is 0.108 e. The van der Waals surface area contributed by atoms with E-state index in [0.717, 1.165) is 44.8 Å². The van der Waals surface area contributed by atoms with Crippen LogP contribution >= 0.6 is 0 Å². The average Bonchev–Trinajstić information content (AvgIpc) is 2.71. The van der Waals surface area contributed by atoms with E-state index in [4.69, 9.17) is 4.98 Å². The van der Waals surface area contributed by atoms with Crippen LogP contribution in [0.5, 0.6) is 0 Å². The summed E-state index contributed by atoms with van der Waals surface area (Å²) in [5.74, 6) is 1.15. The van der Waals surface area contributed by atoms with Crippen LogP contribution in [0, 0.1) is 6.92 Å². The Hall–Kier alpha value is -0.870. The van der Waals surface area contributed by atoms with Gasteiger partial charge in [0.15, 0.2) is 0 Å². The molecule has 0 bridgehead atoms. The summed E-state index contributed by atoms with van der Waals surface area (Å²) in [6, 6.07) is 0.576. The zero-order chi connectivity index (χ0) is 13.0. The molecule has 102 valence electrons. The van der Waals surface area contributed by atoms with E-state index in [1.165, 1.54) is 17.8 Å². The van der Waals surface area contributed by atoms with Crippen molar-refractivity contribution in [1.29, 1.82) is 0 Å². The van der Waals surface area contributed by atoms with Gasteiger partial charge in [-0.15, -0.1) is 0 Å². The number of piperazine rings is 1. The fourth-order valence-electron chi connectivity index (χ4n) is 2.67. The third-order valence-corrected chi connectivity index (χ3v) is 3.79. The quantitative estimate of drug-likeness (QED) is 0.832. The Morgan fingerprint density at radius 2 is 2.06 bits per heavy atom. The van der Waals surface area contributed by atoms with E-state index in [1.807, 2.05) is 0 Å². The van der Waals surface area contributed by atoms with E-state index in [-0.39, 0.29) is 0 Å². The van der Waals surface area contributed by atoms with Gasteiger partial charge in [0.05, 0.1) is 5.69 Å². The van der Waals surface area contributed by atoms with Gasteiger partial charge in [-0.3, -0.25) is 4.90 Å². The van der Waals surface area contributed by atoms with Crippen LogP contribution in [-0.2, 0) is 12.8 Å². The minimum absolute atomic E-state index is 0.576. The van der Waals surface area contributed by atoms with Crippen molar-refractivity contribution >= 4 is 0 Å². The topological polar surface area (TPSA) is 44.0 Å². The number of imidazole rings is 1. The predicted molar refractivity (Wildman–Crippen MR) is 74.9 cm³/mol. The zero-order valence-corrected chi connectivity index (χ0v) is 11.9. The molecule has 18 heavy (non-hydrogen) atoms. The van der Waals surface area contributed by atoms with Crippen LogP contribution in [0.4, 0.5) is 0 Å². The summed E-state index contributed by atoms with van der Waals surface area (Å²) in [7, 11) is 0. The maximum absolute atomic E-state index is 4.74. The molecule has 1 aromatic heterocycles. The number of aromatic amines is 1. The Morgan fingerprint density at radius 1 is 1.33 bits per heavy atom. The van der Waals surface area contributed by atoms with Crippen molar-refractivity contribution in [3.63, 3.8) is 0 Å². The molecule has 1 aliphatic rings. The lowest BCUT2D eigenvalue weighted by molar-refractivity contribution is 0.182. The summed E-state index contributed by atoms with van der Waals surface area (Å²) in [5, 5.41) is 3.40. The highest BCUT2D eigenvalue weighted by molar-refractivity contribution is 5.13. The number of nitrogens with one attached hydrogen (secondary N) is 2. The van der Waals surface area contributed by atoms with E-state index in [1.54, 1.807) is 0 Å². The third-order valence-electron chi connectivity index (χ3n) is 3.79. The van der Waals surface area contributed by atoms with E-state index in [0.29, 0.717) is 6.04 Å². The highest BCUT2D eigenvalue weighted by atomic mass is 15.2. The molecule has 2 heterocycles. The van der Waals surface area contributed by atoms with Crippen molar-refractivity contribution in [3.8, 4) is 0 Å². The number of hydrogen-bond donors (Lipinski definition) is 2. The zero-order valence-electron chi connectivity index (χ0n) is 11.9. The maximum atomic E-state index is 4.74. The number of H-pyrrole nitrogens is 1. The Bertz CT molecular complexity index is 366. The lowest BCUT2D eigenvalue weighted by atomic mass is 10.1. The van der Waals surface area contributed by atoms with Gasteiger partial charge in [-0.05, 0) is 20.3 Å². The second-order valence-corrected chi connectivity index (χ2v) is 5.34. The number of aryl methyl sites for hydroxylation is 2. The van der Waals surface area contributed by atoms with Crippen LogP contribution < -0.4 is 5.32 Å². The van der Waals surface area contributed by atoms with Crippen molar-refractivity contribution in [3.05, 3.63) is 17.2 Å². The van der Waals surface area contributed by atoms with Gasteiger partial charge < -0.3 is 10.3 Å². The number of rotatable bonds is 5. The van der Waals surface area contributed by atoms with Crippen LogP contribution in [0.1, 0.15) is 37.5 Å². The molecule has 1 saturated heterocycles. The predicted octanol–water partition coefficient (Wildman–Crippen LogP) is 1.51. The van der Waals surface area contributed by atoms with Gasteiger partial charge in [0, 0.05) is 44.3 Å². The van der Waals surface area contributed by atoms with Gasteiger partial charge in [-0.1, -0.05) is 13.3 Å². The van der Waals surface area contributed by atoms with Crippen molar-refractivity contribution in [2.24, 2.45) is 0 Å². The molecule has 0 aromatic carbocycles. The van der Waals surface area contributed by atoms with Gasteiger partial charge >= 0.3 is 0 Å². The fourth-order valence-corrected chi connectivity index (χ4v) is 2.67. The fraction of sp³-hybridized carbons (Fsp3) is 0.786. The summed E-state index contributed by atoms with van der Waals surface area (Å²) in [4.78, 5) is 10.7. The Labute approximate surface area is 110 Å². The van der Waals surface area contributed by atoms with Gasteiger partial charge in [-0.25, -0.2) is 4.98 Å².